The second-order valence-corrected chi connectivity index (χ2v) is 10.1. The van der Waals surface area contributed by atoms with Crippen LogP contribution in [0.3, 0.4) is 0 Å². The summed E-state index contributed by atoms with van der Waals surface area (Å²) in [5.41, 5.74) is 2.80. The van der Waals surface area contributed by atoms with E-state index in [1.54, 1.807) is 0 Å². The SMILES string of the molecule is C[C@@H](C(=O)N1CCCC[C@@H]1c1nc2c(c(=O)[nH]1)CCN(C1CCCCC1)C2)c1ccccc1. The number of likely N-dealkylation sites (tertiary alicyclic amines) is 1. The van der Waals surface area contributed by atoms with Gasteiger partial charge in [0.15, 0.2) is 0 Å². The number of amides is 1. The molecule has 2 atom stereocenters. The first-order valence-corrected chi connectivity index (χ1v) is 12.8. The molecule has 2 aliphatic heterocycles. The van der Waals surface area contributed by atoms with Crippen molar-refractivity contribution in [2.45, 2.75) is 89.3 Å². The van der Waals surface area contributed by atoms with Gasteiger partial charge in [0.2, 0.25) is 5.91 Å². The Labute approximate surface area is 196 Å². The van der Waals surface area contributed by atoms with E-state index >= 15 is 0 Å². The Balaban J connectivity index is 1.40. The normalized spacial score (nSPS) is 23.2. The Morgan fingerprint density at radius 2 is 1.79 bits per heavy atom. The van der Waals surface area contributed by atoms with Crippen LogP contribution in [0.15, 0.2) is 35.1 Å². The van der Waals surface area contributed by atoms with Gasteiger partial charge >= 0.3 is 0 Å². The quantitative estimate of drug-likeness (QED) is 0.756. The van der Waals surface area contributed by atoms with E-state index in [1.165, 1.54) is 32.1 Å². The molecule has 5 rings (SSSR count). The maximum absolute atomic E-state index is 13.5. The van der Waals surface area contributed by atoms with E-state index in [1.807, 2.05) is 42.2 Å². The number of fused-ring (bicyclic) bond motifs is 1. The number of hydrogen-bond acceptors (Lipinski definition) is 4. The van der Waals surface area contributed by atoms with Crippen LogP contribution in [0.2, 0.25) is 0 Å². The van der Waals surface area contributed by atoms with Crippen molar-refractivity contribution in [1.82, 2.24) is 19.8 Å². The Morgan fingerprint density at radius 1 is 1.03 bits per heavy atom. The summed E-state index contributed by atoms with van der Waals surface area (Å²) < 4.78 is 0. The minimum atomic E-state index is -0.210. The van der Waals surface area contributed by atoms with Crippen LogP contribution >= 0.6 is 0 Å². The summed E-state index contributed by atoms with van der Waals surface area (Å²) in [7, 11) is 0. The molecule has 6 heteroatoms. The van der Waals surface area contributed by atoms with Crippen LogP contribution in [-0.4, -0.2) is 44.8 Å². The minimum absolute atomic E-state index is 0.00706. The number of carbonyl (C=O) groups is 1. The lowest BCUT2D eigenvalue weighted by Gasteiger charge is -2.38. The van der Waals surface area contributed by atoms with Crippen LogP contribution < -0.4 is 5.56 Å². The number of aromatic amines is 1. The fourth-order valence-electron chi connectivity index (χ4n) is 6.01. The predicted octanol–water partition coefficient (Wildman–Crippen LogP) is 4.32. The molecule has 1 aliphatic carbocycles. The van der Waals surface area contributed by atoms with Gasteiger partial charge in [-0.25, -0.2) is 4.98 Å². The first-order chi connectivity index (χ1) is 16.1. The molecule has 0 unspecified atom stereocenters. The number of nitrogens with zero attached hydrogens (tertiary/aromatic N) is 3. The summed E-state index contributed by atoms with van der Waals surface area (Å²) in [6.07, 6.45) is 10.1. The number of H-pyrrole nitrogens is 1. The molecule has 2 fully saturated rings. The molecule has 2 aromatic rings. The third-order valence-electron chi connectivity index (χ3n) is 7.98. The zero-order valence-electron chi connectivity index (χ0n) is 19.8. The van der Waals surface area contributed by atoms with Gasteiger partial charge in [0.05, 0.1) is 17.7 Å². The van der Waals surface area contributed by atoms with Crippen LogP contribution in [-0.2, 0) is 17.8 Å². The summed E-state index contributed by atoms with van der Waals surface area (Å²) in [4.78, 5) is 39.1. The van der Waals surface area contributed by atoms with Crippen molar-refractivity contribution in [2.75, 3.05) is 13.1 Å². The fourth-order valence-corrected chi connectivity index (χ4v) is 6.01. The summed E-state index contributed by atoms with van der Waals surface area (Å²) >= 11 is 0. The number of nitrogens with one attached hydrogen (secondary N) is 1. The highest BCUT2D eigenvalue weighted by molar-refractivity contribution is 5.83. The van der Waals surface area contributed by atoms with Crippen molar-refractivity contribution in [3.8, 4) is 0 Å². The van der Waals surface area contributed by atoms with Crippen molar-refractivity contribution in [3.63, 3.8) is 0 Å². The van der Waals surface area contributed by atoms with Crippen LogP contribution in [0, 0.1) is 0 Å². The second kappa shape index (κ2) is 9.80. The summed E-state index contributed by atoms with van der Waals surface area (Å²) in [5.74, 6) is 0.589. The van der Waals surface area contributed by atoms with Gasteiger partial charge in [-0.2, -0.15) is 0 Å². The zero-order chi connectivity index (χ0) is 22.8. The van der Waals surface area contributed by atoms with Crippen molar-refractivity contribution in [3.05, 3.63) is 63.3 Å². The van der Waals surface area contributed by atoms with Crippen molar-refractivity contribution in [1.29, 1.82) is 0 Å². The van der Waals surface area contributed by atoms with E-state index in [0.29, 0.717) is 11.9 Å². The van der Waals surface area contributed by atoms with Gasteiger partial charge in [-0.05, 0) is 51.0 Å². The van der Waals surface area contributed by atoms with Gasteiger partial charge in [0, 0.05) is 31.2 Å². The molecule has 1 N–H and O–H groups in total. The van der Waals surface area contributed by atoms with Gasteiger partial charge in [-0.15, -0.1) is 0 Å². The average molecular weight is 449 g/mol. The Hall–Kier alpha value is -2.47. The molecule has 6 nitrogen and oxygen atoms in total. The predicted molar refractivity (Wildman–Crippen MR) is 129 cm³/mol. The maximum atomic E-state index is 13.5. The Kier molecular flexibility index (Phi) is 6.63. The molecule has 1 saturated carbocycles. The van der Waals surface area contributed by atoms with E-state index < -0.39 is 0 Å². The van der Waals surface area contributed by atoms with Gasteiger partial charge in [0.25, 0.3) is 5.56 Å². The van der Waals surface area contributed by atoms with E-state index in [4.69, 9.17) is 4.98 Å². The lowest BCUT2D eigenvalue weighted by atomic mass is 9.92. The highest BCUT2D eigenvalue weighted by Gasteiger charge is 2.34. The van der Waals surface area contributed by atoms with Crippen LogP contribution in [0.1, 0.15) is 92.9 Å². The molecule has 1 aromatic carbocycles. The molecule has 1 amide bonds. The van der Waals surface area contributed by atoms with Crippen LogP contribution in [0.25, 0.3) is 0 Å². The smallest absolute Gasteiger partial charge is 0.254 e. The zero-order valence-corrected chi connectivity index (χ0v) is 19.8. The number of carbonyl (C=O) groups excluding carboxylic acids is 1. The lowest BCUT2D eigenvalue weighted by Crippen LogP contribution is -2.44. The summed E-state index contributed by atoms with van der Waals surface area (Å²) in [5, 5.41) is 0. The molecule has 176 valence electrons. The molecule has 1 aromatic heterocycles. The number of piperidine rings is 1. The summed E-state index contributed by atoms with van der Waals surface area (Å²) in [6, 6.07) is 10.4. The Bertz CT molecular complexity index is 1030. The molecular weight excluding hydrogens is 412 g/mol. The number of rotatable bonds is 4. The van der Waals surface area contributed by atoms with Gasteiger partial charge in [-0.3, -0.25) is 14.5 Å². The Morgan fingerprint density at radius 3 is 2.58 bits per heavy atom. The highest BCUT2D eigenvalue weighted by Crippen LogP contribution is 2.33. The van der Waals surface area contributed by atoms with Crippen LogP contribution in [0.4, 0.5) is 0 Å². The van der Waals surface area contributed by atoms with E-state index in [-0.39, 0.29) is 23.4 Å². The van der Waals surface area contributed by atoms with Gasteiger partial charge < -0.3 is 9.88 Å². The average Bonchev–Trinajstić information content (AvgIpc) is 2.88. The number of benzene rings is 1. The van der Waals surface area contributed by atoms with E-state index in [9.17, 15) is 9.59 Å². The number of hydrogen-bond donors (Lipinski definition) is 1. The first kappa shape index (κ1) is 22.3. The van der Waals surface area contributed by atoms with Gasteiger partial charge in [0.1, 0.15) is 5.82 Å². The third kappa shape index (κ3) is 4.63. The molecule has 1 saturated heterocycles. The van der Waals surface area contributed by atoms with Gasteiger partial charge in [-0.1, -0.05) is 49.6 Å². The van der Waals surface area contributed by atoms with E-state index in [2.05, 4.69) is 9.88 Å². The fraction of sp³-hybridized carbons (Fsp3) is 0.593. The monoisotopic (exact) mass is 448 g/mol. The molecule has 0 radical (unpaired) electrons. The largest absolute Gasteiger partial charge is 0.332 e. The third-order valence-corrected chi connectivity index (χ3v) is 7.98. The van der Waals surface area contributed by atoms with Crippen molar-refractivity contribution in [2.24, 2.45) is 0 Å². The molecular formula is C27H36N4O2. The maximum Gasteiger partial charge on any atom is 0.254 e. The second-order valence-electron chi connectivity index (χ2n) is 10.1. The molecule has 0 bridgehead atoms. The molecule has 0 spiro atoms. The van der Waals surface area contributed by atoms with Crippen molar-refractivity contribution >= 4 is 5.91 Å². The molecule has 3 heterocycles. The topological polar surface area (TPSA) is 69.3 Å². The number of aromatic nitrogens is 2. The molecule has 3 aliphatic rings. The molecule has 33 heavy (non-hydrogen) atoms. The standard InChI is InChI=1S/C27H36N4O2/c1-19(20-10-4-2-5-11-20)27(33)31-16-9-8-14-24(31)25-28-23-18-30(21-12-6-3-7-13-21)17-15-22(23)26(32)29-25/h2,4-5,10-11,19,21,24H,3,6-9,12-18H2,1H3,(H,28,29,32)/t19-,24-/m1/s1. The van der Waals surface area contributed by atoms with E-state index in [0.717, 1.165) is 62.1 Å². The van der Waals surface area contributed by atoms with Crippen LogP contribution in [0.5, 0.6) is 0 Å². The van der Waals surface area contributed by atoms with Crippen molar-refractivity contribution < 1.29 is 4.79 Å². The first-order valence-electron chi connectivity index (χ1n) is 12.8. The highest BCUT2D eigenvalue weighted by atomic mass is 16.2. The minimum Gasteiger partial charge on any atom is -0.332 e. The summed E-state index contributed by atoms with van der Waals surface area (Å²) in [6.45, 7) is 4.41. The lowest BCUT2D eigenvalue weighted by molar-refractivity contribution is -0.136.